The zero-order valence-corrected chi connectivity index (χ0v) is 17.5. The van der Waals surface area contributed by atoms with Gasteiger partial charge in [0.25, 0.3) is 11.8 Å². The van der Waals surface area contributed by atoms with Gasteiger partial charge >= 0.3 is 0 Å². The summed E-state index contributed by atoms with van der Waals surface area (Å²) >= 11 is 0. The van der Waals surface area contributed by atoms with Gasteiger partial charge in [0.05, 0.1) is 11.1 Å². The molecular weight excluding hydrogens is 394 g/mol. The van der Waals surface area contributed by atoms with Crippen LogP contribution in [0.2, 0.25) is 0 Å². The van der Waals surface area contributed by atoms with Gasteiger partial charge in [-0.15, -0.1) is 0 Å². The summed E-state index contributed by atoms with van der Waals surface area (Å²) in [4.78, 5) is 52.2. The fourth-order valence-electron chi connectivity index (χ4n) is 4.13. The number of fused-ring (bicyclic) bond motifs is 2. The summed E-state index contributed by atoms with van der Waals surface area (Å²) in [6.07, 6.45) is 1.89. The highest BCUT2D eigenvalue weighted by Gasteiger charge is 2.34. The van der Waals surface area contributed by atoms with Gasteiger partial charge in [-0.1, -0.05) is 25.1 Å². The molecule has 0 atom stereocenters. The lowest BCUT2D eigenvalue weighted by Crippen LogP contribution is -2.35. The van der Waals surface area contributed by atoms with E-state index in [0.29, 0.717) is 36.2 Å². The average molecular weight is 419 g/mol. The summed E-state index contributed by atoms with van der Waals surface area (Å²) in [7, 11) is 0. The molecule has 2 aliphatic rings. The molecule has 0 aliphatic carbocycles. The van der Waals surface area contributed by atoms with Crippen molar-refractivity contribution < 1.29 is 19.2 Å². The van der Waals surface area contributed by atoms with E-state index in [1.807, 2.05) is 30.0 Å². The van der Waals surface area contributed by atoms with Crippen LogP contribution in [0.5, 0.6) is 0 Å². The van der Waals surface area contributed by atoms with Crippen molar-refractivity contribution >= 4 is 29.3 Å². The third kappa shape index (κ3) is 4.21. The Bertz CT molecular complexity index is 1030. The van der Waals surface area contributed by atoms with E-state index in [9.17, 15) is 19.2 Å². The Morgan fingerprint density at radius 1 is 1.00 bits per heavy atom. The molecule has 0 fully saturated rings. The van der Waals surface area contributed by atoms with Gasteiger partial charge in [0, 0.05) is 38.2 Å². The van der Waals surface area contributed by atoms with Crippen LogP contribution >= 0.6 is 0 Å². The Kier molecular flexibility index (Phi) is 5.84. The summed E-state index contributed by atoms with van der Waals surface area (Å²) in [5.41, 5.74) is 3.78. The van der Waals surface area contributed by atoms with Crippen molar-refractivity contribution in [2.75, 3.05) is 18.4 Å². The molecule has 7 nitrogen and oxygen atoms in total. The number of hydrogen-bond donors (Lipinski definition) is 1. The second-order valence-electron chi connectivity index (χ2n) is 7.86. The first kappa shape index (κ1) is 20.8. The lowest BCUT2D eigenvalue weighted by atomic mass is 9.98. The molecule has 2 heterocycles. The molecular formula is C24H25N3O4. The molecule has 2 aliphatic heterocycles. The molecule has 160 valence electrons. The molecule has 0 radical (unpaired) electrons. The summed E-state index contributed by atoms with van der Waals surface area (Å²) in [6.45, 7) is 3.35. The third-order valence-corrected chi connectivity index (χ3v) is 5.82. The molecule has 0 spiro atoms. The Morgan fingerprint density at radius 2 is 1.71 bits per heavy atom. The van der Waals surface area contributed by atoms with Crippen LogP contribution in [0.1, 0.15) is 58.0 Å². The normalized spacial score (nSPS) is 15.0. The molecule has 31 heavy (non-hydrogen) atoms. The van der Waals surface area contributed by atoms with Crippen molar-refractivity contribution in [1.82, 2.24) is 9.80 Å². The number of benzene rings is 2. The zero-order valence-electron chi connectivity index (χ0n) is 17.5. The maximum Gasteiger partial charge on any atom is 0.261 e. The monoisotopic (exact) mass is 419 g/mol. The molecule has 4 amide bonds. The second-order valence-corrected chi connectivity index (χ2v) is 7.86. The average Bonchev–Trinajstić information content (AvgIpc) is 3.03. The summed E-state index contributed by atoms with van der Waals surface area (Å²) < 4.78 is 0. The minimum atomic E-state index is -0.304. The standard InChI is InChI=1S/C24H25N3O4/c1-2-22(29)26-13-11-16-9-10-18(14-17(16)15-26)25-21(28)8-5-12-27-23(30)19-6-3-4-7-20(19)24(27)31/h3-4,6-7,9-10,14H,2,5,8,11-13,15H2,1H3,(H,25,28). The van der Waals surface area contributed by atoms with E-state index in [1.165, 1.54) is 10.5 Å². The van der Waals surface area contributed by atoms with E-state index in [1.54, 1.807) is 24.3 Å². The number of rotatable bonds is 6. The van der Waals surface area contributed by atoms with Gasteiger partial charge in [0.15, 0.2) is 0 Å². The molecule has 2 aromatic carbocycles. The molecule has 4 rings (SSSR count). The highest BCUT2D eigenvalue weighted by atomic mass is 16.2. The Labute approximate surface area is 181 Å². The first-order valence-electron chi connectivity index (χ1n) is 10.6. The molecule has 0 saturated heterocycles. The zero-order chi connectivity index (χ0) is 22.0. The smallest absolute Gasteiger partial charge is 0.261 e. The molecule has 0 aromatic heterocycles. The number of carbonyl (C=O) groups excluding carboxylic acids is 4. The van der Waals surface area contributed by atoms with Crippen molar-refractivity contribution in [3.63, 3.8) is 0 Å². The number of nitrogens with zero attached hydrogens (tertiary/aromatic N) is 2. The first-order valence-corrected chi connectivity index (χ1v) is 10.6. The largest absolute Gasteiger partial charge is 0.338 e. The Hall–Kier alpha value is -3.48. The third-order valence-electron chi connectivity index (χ3n) is 5.82. The van der Waals surface area contributed by atoms with Crippen LogP contribution < -0.4 is 5.32 Å². The van der Waals surface area contributed by atoms with E-state index in [2.05, 4.69) is 5.32 Å². The number of hydrogen-bond acceptors (Lipinski definition) is 4. The van der Waals surface area contributed by atoms with E-state index in [0.717, 1.165) is 18.5 Å². The molecule has 1 N–H and O–H groups in total. The lowest BCUT2D eigenvalue weighted by molar-refractivity contribution is -0.131. The van der Waals surface area contributed by atoms with Crippen molar-refractivity contribution in [2.24, 2.45) is 0 Å². The highest BCUT2D eigenvalue weighted by molar-refractivity contribution is 6.21. The van der Waals surface area contributed by atoms with Crippen molar-refractivity contribution in [1.29, 1.82) is 0 Å². The number of carbonyl (C=O) groups is 4. The molecule has 0 saturated carbocycles. The Balaban J connectivity index is 1.31. The van der Waals surface area contributed by atoms with Crippen LogP contribution in [0.15, 0.2) is 42.5 Å². The van der Waals surface area contributed by atoms with E-state index in [4.69, 9.17) is 0 Å². The molecule has 0 bridgehead atoms. The Morgan fingerprint density at radius 3 is 2.39 bits per heavy atom. The summed E-state index contributed by atoms with van der Waals surface area (Å²) in [5.74, 6) is -0.647. The molecule has 7 heteroatoms. The van der Waals surface area contributed by atoms with Crippen LogP contribution in [0.3, 0.4) is 0 Å². The van der Waals surface area contributed by atoms with Gasteiger partial charge in [-0.3, -0.25) is 24.1 Å². The van der Waals surface area contributed by atoms with Gasteiger partial charge in [-0.2, -0.15) is 0 Å². The van der Waals surface area contributed by atoms with Crippen molar-refractivity contribution in [3.05, 3.63) is 64.7 Å². The first-order chi connectivity index (χ1) is 15.0. The maximum absolute atomic E-state index is 12.4. The minimum Gasteiger partial charge on any atom is -0.338 e. The predicted molar refractivity (Wildman–Crippen MR) is 116 cm³/mol. The SMILES string of the molecule is CCC(=O)N1CCc2ccc(NC(=O)CCCN3C(=O)c4ccccc4C3=O)cc2C1. The molecule has 2 aromatic rings. The van der Waals surface area contributed by atoms with Crippen LogP contribution in [-0.2, 0) is 22.6 Å². The quantitative estimate of drug-likeness (QED) is 0.730. The van der Waals surface area contributed by atoms with Gasteiger partial charge in [-0.05, 0) is 48.2 Å². The maximum atomic E-state index is 12.4. The number of imide groups is 1. The fourth-order valence-corrected chi connectivity index (χ4v) is 4.13. The number of amides is 4. The van der Waals surface area contributed by atoms with Crippen LogP contribution in [-0.4, -0.2) is 46.5 Å². The van der Waals surface area contributed by atoms with Gasteiger partial charge in [0.1, 0.15) is 0 Å². The van der Waals surface area contributed by atoms with Crippen molar-refractivity contribution in [2.45, 2.75) is 39.2 Å². The topological polar surface area (TPSA) is 86.8 Å². The fraction of sp³-hybridized carbons (Fsp3) is 0.333. The minimum absolute atomic E-state index is 0.133. The van der Waals surface area contributed by atoms with Crippen molar-refractivity contribution in [3.8, 4) is 0 Å². The second kappa shape index (κ2) is 8.71. The van der Waals surface area contributed by atoms with Crippen LogP contribution in [0.25, 0.3) is 0 Å². The van der Waals surface area contributed by atoms with Gasteiger partial charge in [-0.25, -0.2) is 0 Å². The highest BCUT2D eigenvalue weighted by Crippen LogP contribution is 2.24. The van der Waals surface area contributed by atoms with Crippen LogP contribution in [0, 0.1) is 0 Å². The van der Waals surface area contributed by atoms with E-state index < -0.39 is 0 Å². The summed E-state index contributed by atoms with van der Waals surface area (Å²) in [5, 5.41) is 2.88. The summed E-state index contributed by atoms with van der Waals surface area (Å²) in [6, 6.07) is 12.6. The number of nitrogens with one attached hydrogen (secondary N) is 1. The van der Waals surface area contributed by atoms with Gasteiger partial charge < -0.3 is 10.2 Å². The van der Waals surface area contributed by atoms with Crippen LogP contribution in [0.4, 0.5) is 5.69 Å². The predicted octanol–water partition coefficient (Wildman–Crippen LogP) is 3.00. The van der Waals surface area contributed by atoms with Gasteiger partial charge in [0.2, 0.25) is 11.8 Å². The molecule has 0 unspecified atom stereocenters. The van der Waals surface area contributed by atoms with E-state index >= 15 is 0 Å². The van der Waals surface area contributed by atoms with E-state index in [-0.39, 0.29) is 36.6 Å². The lowest BCUT2D eigenvalue weighted by Gasteiger charge is -2.29. The number of anilines is 1.